The van der Waals surface area contributed by atoms with Crippen molar-refractivity contribution in [2.24, 2.45) is 0 Å². The van der Waals surface area contributed by atoms with Gasteiger partial charge in [-0.25, -0.2) is 9.97 Å². The Hall–Kier alpha value is -2.98. The van der Waals surface area contributed by atoms with E-state index in [-0.39, 0.29) is 28.6 Å². The lowest BCUT2D eigenvalue weighted by molar-refractivity contribution is -0.136. The van der Waals surface area contributed by atoms with Crippen molar-refractivity contribution in [3.63, 3.8) is 0 Å². The van der Waals surface area contributed by atoms with Crippen LogP contribution in [0.5, 0.6) is 0 Å². The molecule has 0 atom stereocenters. The zero-order chi connectivity index (χ0) is 22.0. The van der Waals surface area contributed by atoms with E-state index in [0.29, 0.717) is 57.4 Å². The van der Waals surface area contributed by atoms with Gasteiger partial charge in [0.1, 0.15) is 12.7 Å². The second-order valence-corrected chi connectivity index (χ2v) is 7.68. The van der Waals surface area contributed by atoms with Crippen molar-refractivity contribution in [3.05, 3.63) is 35.7 Å². The van der Waals surface area contributed by atoms with E-state index in [2.05, 4.69) is 20.2 Å². The second-order valence-electron chi connectivity index (χ2n) is 7.68. The molecule has 8 nitrogen and oxygen atoms in total. The number of fused-ring (bicyclic) bond motifs is 1. The molecule has 4 heterocycles. The number of pyridine rings is 1. The number of likely N-dealkylation sites (tertiary alicyclic amines) is 1. The first-order valence-electron chi connectivity index (χ1n) is 10.3. The largest absolute Gasteiger partial charge is 0.417 e. The molecule has 0 radical (unpaired) electrons. The Morgan fingerprint density at radius 3 is 2.71 bits per heavy atom. The molecule has 166 valence electrons. The molecule has 0 N–H and O–H groups in total. The third-order valence-corrected chi connectivity index (χ3v) is 5.67. The summed E-state index contributed by atoms with van der Waals surface area (Å²) in [5.74, 6) is -0.176. The number of hydrogen-bond acceptors (Lipinski definition) is 6. The Balaban J connectivity index is 1.43. The normalized spacial score (nSPS) is 15.7. The van der Waals surface area contributed by atoms with Gasteiger partial charge < -0.3 is 9.42 Å². The summed E-state index contributed by atoms with van der Waals surface area (Å²) in [5, 5.41) is 7.91. The van der Waals surface area contributed by atoms with Crippen LogP contribution in [-0.4, -0.2) is 48.8 Å². The van der Waals surface area contributed by atoms with E-state index < -0.39 is 11.7 Å². The molecule has 1 saturated heterocycles. The fourth-order valence-electron chi connectivity index (χ4n) is 4.01. The minimum Gasteiger partial charge on any atom is -0.343 e. The van der Waals surface area contributed by atoms with Gasteiger partial charge in [0.25, 0.3) is 5.71 Å². The van der Waals surface area contributed by atoms with Crippen molar-refractivity contribution in [1.82, 2.24) is 29.8 Å². The highest BCUT2D eigenvalue weighted by molar-refractivity contribution is 5.82. The lowest BCUT2D eigenvalue weighted by Crippen LogP contribution is -2.38. The number of aryl methyl sites for hydroxylation is 2. The zero-order valence-corrected chi connectivity index (χ0v) is 17.1. The Morgan fingerprint density at radius 2 is 2.06 bits per heavy atom. The molecule has 0 aliphatic carbocycles. The van der Waals surface area contributed by atoms with E-state index in [1.807, 2.05) is 0 Å². The number of aromatic nitrogens is 5. The van der Waals surface area contributed by atoms with Gasteiger partial charge in [0.05, 0.1) is 16.6 Å². The van der Waals surface area contributed by atoms with E-state index >= 15 is 0 Å². The molecule has 1 aliphatic rings. The minimum atomic E-state index is -4.52. The summed E-state index contributed by atoms with van der Waals surface area (Å²) in [7, 11) is 0. The van der Waals surface area contributed by atoms with E-state index in [4.69, 9.17) is 4.52 Å². The van der Waals surface area contributed by atoms with Gasteiger partial charge in [-0.2, -0.15) is 18.3 Å². The topological polar surface area (TPSA) is 89.9 Å². The molecule has 4 rings (SSSR count). The summed E-state index contributed by atoms with van der Waals surface area (Å²) in [6, 6.07) is 1.08. The van der Waals surface area contributed by atoms with Gasteiger partial charge in [-0.1, -0.05) is 12.1 Å². The number of hydrogen-bond donors (Lipinski definition) is 0. The lowest BCUT2D eigenvalue weighted by Gasteiger charge is -2.31. The fourth-order valence-corrected chi connectivity index (χ4v) is 4.01. The standard InChI is InChI=1S/C20H23F3N6O2/c1-2-14-10-15(20(21,22)23)17-18(27-31-19(17)26-14)13-5-8-28(9-6-13)16(30)4-3-7-29-12-24-11-25-29/h10-13H,2-9H2,1H3. The number of nitrogens with zero attached hydrogens (tertiary/aromatic N) is 6. The van der Waals surface area contributed by atoms with Crippen LogP contribution in [0.2, 0.25) is 0 Å². The van der Waals surface area contributed by atoms with Gasteiger partial charge in [0, 0.05) is 37.7 Å². The van der Waals surface area contributed by atoms with Crippen LogP contribution in [0.15, 0.2) is 23.2 Å². The smallest absolute Gasteiger partial charge is 0.343 e. The Bertz CT molecular complexity index is 1040. The number of carbonyl (C=O) groups is 1. The van der Waals surface area contributed by atoms with Gasteiger partial charge in [-0.3, -0.25) is 9.48 Å². The van der Waals surface area contributed by atoms with Crippen molar-refractivity contribution < 1.29 is 22.5 Å². The van der Waals surface area contributed by atoms with Crippen LogP contribution in [0, 0.1) is 0 Å². The van der Waals surface area contributed by atoms with Crippen LogP contribution < -0.4 is 0 Å². The van der Waals surface area contributed by atoms with Crippen LogP contribution in [0.1, 0.15) is 55.5 Å². The minimum absolute atomic E-state index is 0.0359. The molecule has 1 aliphatic heterocycles. The second kappa shape index (κ2) is 8.64. The maximum Gasteiger partial charge on any atom is 0.417 e. The first-order valence-corrected chi connectivity index (χ1v) is 10.3. The third kappa shape index (κ3) is 4.54. The van der Waals surface area contributed by atoms with Gasteiger partial charge in [-0.05, 0) is 31.7 Å². The summed E-state index contributed by atoms with van der Waals surface area (Å²) >= 11 is 0. The van der Waals surface area contributed by atoms with Crippen molar-refractivity contribution in [3.8, 4) is 0 Å². The summed E-state index contributed by atoms with van der Waals surface area (Å²) in [6.45, 7) is 3.30. The highest BCUT2D eigenvalue weighted by atomic mass is 19.4. The van der Waals surface area contributed by atoms with Gasteiger partial charge in [0.15, 0.2) is 0 Å². The fraction of sp³-hybridized carbons (Fsp3) is 0.550. The van der Waals surface area contributed by atoms with Crippen LogP contribution in [0.3, 0.4) is 0 Å². The van der Waals surface area contributed by atoms with Gasteiger partial charge >= 0.3 is 6.18 Å². The molecule has 31 heavy (non-hydrogen) atoms. The molecular formula is C20H23F3N6O2. The highest BCUT2D eigenvalue weighted by Crippen LogP contribution is 2.40. The van der Waals surface area contributed by atoms with Crippen LogP contribution >= 0.6 is 0 Å². The van der Waals surface area contributed by atoms with E-state index in [0.717, 1.165) is 6.07 Å². The summed E-state index contributed by atoms with van der Waals surface area (Å²) in [5.41, 5.74) is -0.227. The quantitative estimate of drug-likeness (QED) is 0.587. The summed E-state index contributed by atoms with van der Waals surface area (Å²) < 4.78 is 47.9. The van der Waals surface area contributed by atoms with Crippen molar-refractivity contribution in [2.45, 2.75) is 57.7 Å². The molecule has 1 fully saturated rings. The number of piperidine rings is 1. The van der Waals surface area contributed by atoms with E-state index in [1.54, 1.807) is 22.8 Å². The maximum atomic E-state index is 13.7. The van der Waals surface area contributed by atoms with Crippen molar-refractivity contribution in [2.75, 3.05) is 13.1 Å². The van der Waals surface area contributed by atoms with Gasteiger partial charge in [0.2, 0.25) is 5.91 Å². The van der Waals surface area contributed by atoms with Gasteiger partial charge in [-0.15, -0.1) is 0 Å². The molecule has 3 aromatic heterocycles. The molecule has 3 aromatic rings. The SMILES string of the molecule is CCc1cc(C(F)(F)F)c2c(C3CCN(C(=O)CCCn4cncn4)CC3)noc2n1. The molecule has 0 saturated carbocycles. The zero-order valence-electron chi connectivity index (χ0n) is 17.1. The Labute approximate surface area is 176 Å². The number of alkyl halides is 3. The van der Waals surface area contributed by atoms with Crippen LogP contribution in [0.25, 0.3) is 11.1 Å². The molecule has 0 unspecified atom stereocenters. The predicted molar refractivity (Wildman–Crippen MR) is 104 cm³/mol. The molecule has 1 amide bonds. The van der Waals surface area contributed by atoms with Crippen molar-refractivity contribution >= 4 is 17.0 Å². The predicted octanol–water partition coefficient (Wildman–Crippen LogP) is 3.58. The summed E-state index contributed by atoms with van der Waals surface area (Å²) in [6.07, 6.45) is 0.996. The number of rotatable bonds is 6. The summed E-state index contributed by atoms with van der Waals surface area (Å²) in [4.78, 5) is 22.3. The first kappa shape index (κ1) is 21.3. The molecule has 11 heteroatoms. The lowest BCUT2D eigenvalue weighted by atomic mass is 9.90. The maximum absolute atomic E-state index is 13.7. The molecule has 0 bridgehead atoms. The van der Waals surface area contributed by atoms with Crippen LogP contribution in [0.4, 0.5) is 13.2 Å². The average Bonchev–Trinajstić information content (AvgIpc) is 3.42. The Kier molecular flexibility index (Phi) is 5.92. The number of carbonyl (C=O) groups excluding carboxylic acids is 1. The molecular weight excluding hydrogens is 413 g/mol. The number of halogens is 3. The van der Waals surface area contributed by atoms with E-state index in [1.165, 1.54) is 6.33 Å². The highest BCUT2D eigenvalue weighted by Gasteiger charge is 2.38. The Morgan fingerprint density at radius 1 is 1.29 bits per heavy atom. The molecule has 0 aromatic carbocycles. The van der Waals surface area contributed by atoms with E-state index in [9.17, 15) is 18.0 Å². The first-order chi connectivity index (χ1) is 14.9. The monoisotopic (exact) mass is 436 g/mol. The average molecular weight is 436 g/mol. The van der Waals surface area contributed by atoms with Crippen molar-refractivity contribution in [1.29, 1.82) is 0 Å². The molecule has 0 spiro atoms. The van der Waals surface area contributed by atoms with Crippen LogP contribution in [-0.2, 0) is 23.9 Å². The third-order valence-electron chi connectivity index (χ3n) is 5.67. The number of amides is 1.